The molecule has 14 heavy (non-hydrogen) atoms. The molecule has 1 aromatic carbocycles. The van der Waals surface area contributed by atoms with E-state index in [2.05, 4.69) is 13.5 Å². The van der Waals surface area contributed by atoms with Gasteiger partial charge < -0.3 is 0 Å². The highest BCUT2D eigenvalue weighted by molar-refractivity contribution is 5.53. The van der Waals surface area contributed by atoms with Crippen LogP contribution in [0, 0.1) is 18.3 Å². The molecule has 1 unspecified atom stereocenters. The molecule has 1 rings (SSSR count). The number of halogens is 1. The average Bonchev–Trinajstić information content (AvgIpc) is 2.27. The van der Waals surface area contributed by atoms with Crippen molar-refractivity contribution in [3.8, 4) is 6.07 Å². The molecule has 1 nitrogen and oxygen atoms in total. The Hall–Kier alpha value is -1.62. The van der Waals surface area contributed by atoms with Gasteiger partial charge in [0, 0.05) is 5.92 Å². The smallest absolute Gasteiger partial charge is 0.0991 e. The molecule has 0 fully saturated rings. The first kappa shape index (κ1) is 10.5. The molecule has 0 N–H and O–H groups in total. The van der Waals surface area contributed by atoms with Crippen molar-refractivity contribution < 1.29 is 4.39 Å². The summed E-state index contributed by atoms with van der Waals surface area (Å²) in [6.07, 6.45) is 1.63. The average molecular weight is 188 g/mol. The predicted molar refractivity (Wildman–Crippen MR) is 55.3 cm³/mol. The van der Waals surface area contributed by atoms with Gasteiger partial charge in [-0.15, -0.1) is 0 Å². The Morgan fingerprint density at radius 3 is 2.71 bits per heavy atom. The first-order valence-electron chi connectivity index (χ1n) is 4.28. The normalized spacial score (nSPS) is 11.8. The Labute approximate surface area is 83.5 Å². The summed E-state index contributed by atoms with van der Waals surface area (Å²) >= 11 is 0. The second kappa shape index (κ2) is 4.57. The van der Waals surface area contributed by atoms with Gasteiger partial charge in [-0.1, -0.05) is 18.7 Å². The summed E-state index contributed by atoms with van der Waals surface area (Å²) in [5.74, 6) is -0.415. The van der Waals surface area contributed by atoms with E-state index in [9.17, 15) is 4.39 Å². The Balaban J connectivity index is 3.18. The summed E-state index contributed by atoms with van der Waals surface area (Å²) in [7, 11) is 0. The fourth-order valence-corrected chi connectivity index (χ4v) is 1.18. The van der Waals surface area contributed by atoms with Gasteiger partial charge in [0.15, 0.2) is 0 Å². The Morgan fingerprint density at radius 2 is 2.21 bits per heavy atom. The Kier molecular flexibility index (Phi) is 3.41. The highest BCUT2D eigenvalue weighted by atomic mass is 19.1. The van der Waals surface area contributed by atoms with Crippen LogP contribution in [0.15, 0.2) is 24.8 Å². The van der Waals surface area contributed by atoms with Crippen molar-refractivity contribution in [2.45, 2.75) is 5.92 Å². The largest absolute Gasteiger partial charge is 0.250 e. The van der Waals surface area contributed by atoms with E-state index in [4.69, 9.17) is 5.26 Å². The lowest BCUT2D eigenvalue weighted by molar-refractivity contribution is 0.465. The number of alkyl halides is 1. The van der Waals surface area contributed by atoms with Crippen LogP contribution in [0.4, 0.5) is 4.39 Å². The summed E-state index contributed by atoms with van der Waals surface area (Å²) in [6, 6.07) is 7.19. The van der Waals surface area contributed by atoms with Crippen LogP contribution in [0.5, 0.6) is 0 Å². The molecule has 0 bridgehead atoms. The lowest BCUT2D eigenvalue weighted by Crippen LogP contribution is -1.97. The maximum atomic E-state index is 12.4. The third kappa shape index (κ3) is 2.20. The van der Waals surface area contributed by atoms with Crippen LogP contribution < -0.4 is 0 Å². The van der Waals surface area contributed by atoms with Gasteiger partial charge in [-0.05, 0) is 30.2 Å². The van der Waals surface area contributed by atoms with Crippen molar-refractivity contribution in [2.75, 3.05) is 6.67 Å². The van der Waals surface area contributed by atoms with Crippen LogP contribution in [-0.2, 0) is 0 Å². The number of hydrogen-bond acceptors (Lipinski definition) is 1. The van der Waals surface area contributed by atoms with Crippen LogP contribution in [-0.4, -0.2) is 6.67 Å². The molecule has 0 aromatic heterocycles. The highest BCUT2D eigenvalue weighted by Gasteiger charge is 2.06. The van der Waals surface area contributed by atoms with Gasteiger partial charge in [-0.25, -0.2) is 0 Å². The van der Waals surface area contributed by atoms with Gasteiger partial charge >= 0.3 is 0 Å². The molecule has 0 saturated heterocycles. The molecule has 0 aliphatic rings. The number of benzene rings is 1. The number of nitriles is 1. The van der Waals surface area contributed by atoms with Crippen molar-refractivity contribution in [1.82, 2.24) is 0 Å². The molecule has 0 amide bonds. The lowest BCUT2D eigenvalue weighted by atomic mass is 9.97. The van der Waals surface area contributed by atoms with E-state index in [0.29, 0.717) is 5.56 Å². The van der Waals surface area contributed by atoms with Crippen molar-refractivity contribution >= 4 is 6.08 Å². The van der Waals surface area contributed by atoms with E-state index in [-0.39, 0.29) is 0 Å². The summed E-state index contributed by atoms with van der Waals surface area (Å²) < 4.78 is 12.4. The quantitative estimate of drug-likeness (QED) is 0.715. The van der Waals surface area contributed by atoms with Gasteiger partial charge in [-0.2, -0.15) is 5.26 Å². The zero-order valence-corrected chi connectivity index (χ0v) is 7.83. The van der Waals surface area contributed by atoms with Gasteiger partial charge in [0.1, 0.15) is 0 Å². The molecular weight excluding hydrogens is 177 g/mol. The first-order valence-corrected chi connectivity index (χ1v) is 4.28. The van der Waals surface area contributed by atoms with Crippen molar-refractivity contribution in [1.29, 1.82) is 5.26 Å². The molecule has 71 valence electrons. The second-order valence-electron chi connectivity index (χ2n) is 3.06. The van der Waals surface area contributed by atoms with E-state index in [0.717, 1.165) is 11.1 Å². The molecule has 1 radical (unpaired) electrons. The van der Waals surface area contributed by atoms with Crippen LogP contribution in [0.3, 0.4) is 0 Å². The minimum atomic E-state index is -0.522. The van der Waals surface area contributed by atoms with Crippen molar-refractivity contribution in [2.24, 2.45) is 0 Å². The topological polar surface area (TPSA) is 23.8 Å². The molecule has 0 spiro atoms. The predicted octanol–water partition coefficient (Wildman–Crippen LogP) is 3.09. The highest BCUT2D eigenvalue weighted by Crippen LogP contribution is 2.19. The summed E-state index contributed by atoms with van der Waals surface area (Å²) in [5, 5.41) is 8.74. The van der Waals surface area contributed by atoms with E-state index in [1.807, 2.05) is 6.07 Å². The molecule has 1 atom stereocenters. The van der Waals surface area contributed by atoms with Crippen LogP contribution >= 0.6 is 0 Å². The standard InChI is InChI=1S/C12H11FN/c1-3-10-4-11(8-14)6-12(5-10)9(2)7-13/h3-6,9H,1-2,7H2. The van der Waals surface area contributed by atoms with E-state index >= 15 is 0 Å². The maximum Gasteiger partial charge on any atom is 0.0991 e. The summed E-state index contributed by atoms with van der Waals surface area (Å²) in [4.78, 5) is 0. The molecule has 0 aliphatic carbocycles. The van der Waals surface area contributed by atoms with Gasteiger partial charge in [0.25, 0.3) is 0 Å². The number of nitrogens with zero attached hydrogens (tertiary/aromatic N) is 1. The Bertz CT molecular complexity index is 376. The number of rotatable bonds is 3. The van der Waals surface area contributed by atoms with Crippen molar-refractivity contribution in [3.63, 3.8) is 0 Å². The molecular formula is C12H11FN. The SMILES string of the molecule is [CH2]C(CF)c1cc(C#N)cc(C=C)c1. The monoisotopic (exact) mass is 188 g/mol. The van der Waals surface area contributed by atoms with E-state index in [1.165, 1.54) is 0 Å². The van der Waals surface area contributed by atoms with Crippen LogP contribution in [0.2, 0.25) is 0 Å². The fraction of sp³-hybridized carbons (Fsp3) is 0.167. The third-order valence-corrected chi connectivity index (χ3v) is 2.00. The van der Waals surface area contributed by atoms with Crippen LogP contribution in [0.1, 0.15) is 22.6 Å². The molecule has 0 aliphatic heterocycles. The third-order valence-electron chi connectivity index (χ3n) is 2.00. The Morgan fingerprint density at radius 1 is 1.50 bits per heavy atom. The van der Waals surface area contributed by atoms with Gasteiger partial charge in [0.05, 0.1) is 18.3 Å². The molecule has 1 aromatic rings. The lowest BCUT2D eigenvalue weighted by Gasteiger charge is -2.08. The van der Waals surface area contributed by atoms with Crippen LogP contribution in [0.25, 0.3) is 6.08 Å². The minimum absolute atomic E-state index is 0.415. The van der Waals surface area contributed by atoms with Gasteiger partial charge in [-0.3, -0.25) is 4.39 Å². The number of hydrogen-bond donors (Lipinski definition) is 0. The minimum Gasteiger partial charge on any atom is -0.250 e. The maximum absolute atomic E-state index is 12.4. The summed E-state index contributed by atoms with van der Waals surface area (Å²) in [5.41, 5.74) is 2.07. The van der Waals surface area contributed by atoms with Crippen molar-refractivity contribution in [3.05, 3.63) is 48.4 Å². The van der Waals surface area contributed by atoms with Gasteiger partial charge in [0.2, 0.25) is 0 Å². The first-order chi connectivity index (χ1) is 6.71. The zero-order chi connectivity index (χ0) is 10.6. The molecule has 0 heterocycles. The fourth-order valence-electron chi connectivity index (χ4n) is 1.18. The molecule has 2 heteroatoms. The molecule has 0 saturated carbocycles. The summed E-state index contributed by atoms with van der Waals surface area (Å²) in [6.45, 7) is 6.75. The van der Waals surface area contributed by atoms with E-state index < -0.39 is 12.6 Å². The van der Waals surface area contributed by atoms with E-state index in [1.54, 1.807) is 24.3 Å². The zero-order valence-electron chi connectivity index (χ0n) is 7.83. The second-order valence-corrected chi connectivity index (χ2v) is 3.06.